The average molecular weight is 290 g/mol. The molecule has 20 heavy (non-hydrogen) atoms. The van der Waals surface area contributed by atoms with E-state index in [1.54, 1.807) is 7.05 Å². The predicted octanol–water partition coefficient (Wildman–Crippen LogP) is 2.90. The van der Waals surface area contributed by atoms with Crippen molar-refractivity contribution in [1.29, 1.82) is 0 Å². The van der Waals surface area contributed by atoms with Crippen LogP contribution in [0, 0.1) is 0 Å². The van der Waals surface area contributed by atoms with Crippen molar-refractivity contribution in [1.82, 2.24) is 9.88 Å². The fraction of sp³-hybridized carbons (Fsp3) is 0.615. The molecule has 0 saturated carbocycles. The molecule has 0 aliphatic carbocycles. The molecule has 0 amide bonds. The number of alkyl halides is 3. The normalized spacial score (nSPS) is 11.8. The van der Waals surface area contributed by atoms with Gasteiger partial charge in [-0.25, -0.2) is 4.98 Å². The van der Waals surface area contributed by atoms with Gasteiger partial charge in [-0.15, -0.1) is 0 Å². The Morgan fingerprint density at radius 3 is 2.25 bits per heavy atom. The first-order valence-electron chi connectivity index (χ1n) is 6.64. The molecule has 0 aliphatic heterocycles. The lowest BCUT2D eigenvalue weighted by molar-refractivity contribution is -0.137. The molecule has 0 unspecified atom stereocenters. The van der Waals surface area contributed by atoms with Crippen LogP contribution in [0.25, 0.3) is 0 Å². The number of hydrogen-bond acceptors (Lipinski definition) is 4. The number of halogens is 3. The molecule has 0 spiro atoms. The fourth-order valence-electron chi connectivity index (χ4n) is 1.79. The first kappa shape index (κ1) is 16.6. The molecule has 7 heteroatoms. The van der Waals surface area contributed by atoms with Crippen LogP contribution in [0.5, 0.6) is 0 Å². The van der Waals surface area contributed by atoms with Gasteiger partial charge in [-0.2, -0.15) is 13.2 Å². The summed E-state index contributed by atoms with van der Waals surface area (Å²) in [5.41, 5.74) is -0.706. The summed E-state index contributed by atoms with van der Waals surface area (Å²) in [6, 6.07) is 2.03. The molecule has 4 nitrogen and oxygen atoms in total. The van der Waals surface area contributed by atoms with E-state index in [0.29, 0.717) is 6.54 Å². The van der Waals surface area contributed by atoms with Crippen LogP contribution in [0.4, 0.5) is 24.8 Å². The van der Waals surface area contributed by atoms with Gasteiger partial charge in [0.2, 0.25) is 0 Å². The summed E-state index contributed by atoms with van der Waals surface area (Å²) in [6.07, 6.45) is -4.37. The van der Waals surface area contributed by atoms with Crippen molar-refractivity contribution in [3.63, 3.8) is 0 Å². The summed E-state index contributed by atoms with van der Waals surface area (Å²) in [5.74, 6) is 0.432. The van der Waals surface area contributed by atoms with E-state index in [0.717, 1.165) is 31.8 Å². The van der Waals surface area contributed by atoms with Gasteiger partial charge < -0.3 is 15.5 Å². The van der Waals surface area contributed by atoms with Crippen LogP contribution in [0.15, 0.2) is 12.1 Å². The van der Waals surface area contributed by atoms with Gasteiger partial charge in [0.1, 0.15) is 11.6 Å². The minimum atomic E-state index is -4.37. The van der Waals surface area contributed by atoms with Gasteiger partial charge in [0, 0.05) is 20.1 Å². The SMILES string of the molecule is CCN(CC)CCNc1cc(C(F)(F)F)cc(NC)n1. The maximum absolute atomic E-state index is 12.8. The number of likely N-dealkylation sites (N-methyl/N-ethyl adjacent to an activating group) is 1. The monoisotopic (exact) mass is 290 g/mol. The van der Waals surface area contributed by atoms with E-state index in [-0.39, 0.29) is 11.6 Å². The zero-order valence-electron chi connectivity index (χ0n) is 12.0. The number of anilines is 2. The number of pyridine rings is 1. The Hall–Kier alpha value is -1.50. The first-order valence-corrected chi connectivity index (χ1v) is 6.64. The van der Waals surface area contributed by atoms with Gasteiger partial charge in [0.05, 0.1) is 5.56 Å². The van der Waals surface area contributed by atoms with Crippen molar-refractivity contribution in [2.45, 2.75) is 20.0 Å². The molecule has 0 atom stereocenters. The topological polar surface area (TPSA) is 40.2 Å². The number of nitrogens with zero attached hydrogens (tertiary/aromatic N) is 2. The third kappa shape index (κ3) is 4.88. The van der Waals surface area contributed by atoms with Crippen molar-refractivity contribution in [2.75, 3.05) is 43.9 Å². The van der Waals surface area contributed by atoms with Crippen LogP contribution in [0.1, 0.15) is 19.4 Å². The van der Waals surface area contributed by atoms with Gasteiger partial charge in [-0.3, -0.25) is 0 Å². The summed E-state index contributed by atoms with van der Waals surface area (Å²) in [7, 11) is 1.54. The highest BCUT2D eigenvalue weighted by Gasteiger charge is 2.31. The molecule has 114 valence electrons. The maximum Gasteiger partial charge on any atom is 0.416 e. The molecule has 1 aromatic heterocycles. The summed E-state index contributed by atoms with van der Waals surface area (Å²) in [5, 5.41) is 5.58. The molecule has 1 heterocycles. The second-order valence-corrected chi connectivity index (χ2v) is 4.33. The standard InChI is InChI=1S/C13H21F3N4/c1-4-20(5-2)7-6-18-12-9-10(13(14,15)16)8-11(17-3)19-12/h8-9H,4-7H2,1-3H3,(H2,17,18,19). The molecule has 0 saturated heterocycles. The van der Waals surface area contributed by atoms with E-state index in [4.69, 9.17) is 0 Å². The minimum Gasteiger partial charge on any atom is -0.373 e. The number of rotatable bonds is 7. The van der Waals surface area contributed by atoms with E-state index in [9.17, 15) is 13.2 Å². The van der Waals surface area contributed by atoms with Crippen molar-refractivity contribution < 1.29 is 13.2 Å². The summed E-state index contributed by atoms with van der Waals surface area (Å²) in [4.78, 5) is 6.25. The van der Waals surface area contributed by atoms with Crippen LogP contribution >= 0.6 is 0 Å². The van der Waals surface area contributed by atoms with Gasteiger partial charge in [0.15, 0.2) is 0 Å². The third-order valence-corrected chi connectivity index (χ3v) is 3.04. The van der Waals surface area contributed by atoms with Gasteiger partial charge in [-0.05, 0) is 25.2 Å². The second-order valence-electron chi connectivity index (χ2n) is 4.33. The maximum atomic E-state index is 12.8. The van der Waals surface area contributed by atoms with Crippen LogP contribution in [0.3, 0.4) is 0 Å². The molecular formula is C13H21F3N4. The Kier molecular flexibility index (Phi) is 6.06. The van der Waals surface area contributed by atoms with E-state index < -0.39 is 11.7 Å². The van der Waals surface area contributed by atoms with Crippen molar-refractivity contribution in [3.8, 4) is 0 Å². The number of hydrogen-bond donors (Lipinski definition) is 2. The third-order valence-electron chi connectivity index (χ3n) is 3.04. The highest BCUT2D eigenvalue weighted by Crippen LogP contribution is 2.31. The Bertz CT molecular complexity index is 417. The van der Waals surface area contributed by atoms with Crippen LogP contribution in [0.2, 0.25) is 0 Å². The summed E-state index contributed by atoms with van der Waals surface area (Å²) in [6.45, 7) is 7.24. The average Bonchev–Trinajstić information content (AvgIpc) is 2.42. The Labute approximate surface area is 117 Å². The van der Waals surface area contributed by atoms with Gasteiger partial charge in [-0.1, -0.05) is 13.8 Å². The van der Waals surface area contributed by atoms with E-state index in [1.807, 2.05) is 13.8 Å². The molecule has 0 fully saturated rings. The molecule has 0 radical (unpaired) electrons. The Morgan fingerprint density at radius 2 is 1.75 bits per heavy atom. The first-order chi connectivity index (χ1) is 9.40. The van der Waals surface area contributed by atoms with Crippen molar-refractivity contribution >= 4 is 11.6 Å². The smallest absolute Gasteiger partial charge is 0.373 e. The van der Waals surface area contributed by atoms with Gasteiger partial charge >= 0.3 is 6.18 Å². The van der Waals surface area contributed by atoms with Crippen LogP contribution in [-0.2, 0) is 6.18 Å². The lowest BCUT2D eigenvalue weighted by Gasteiger charge is -2.18. The second kappa shape index (κ2) is 7.33. The lowest BCUT2D eigenvalue weighted by atomic mass is 10.2. The quantitative estimate of drug-likeness (QED) is 0.810. The number of aromatic nitrogens is 1. The highest BCUT2D eigenvalue weighted by molar-refractivity contribution is 5.49. The van der Waals surface area contributed by atoms with E-state index in [1.165, 1.54) is 0 Å². The van der Waals surface area contributed by atoms with E-state index >= 15 is 0 Å². The molecule has 1 aromatic rings. The molecule has 1 rings (SSSR count). The predicted molar refractivity (Wildman–Crippen MR) is 75.1 cm³/mol. The lowest BCUT2D eigenvalue weighted by Crippen LogP contribution is -2.28. The molecular weight excluding hydrogens is 269 g/mol. The minimum absolute atomic E-state index is 0.199. The Morgan fingerprint density at radius 1 is 1.15 bits per heavy atom. The largest absolute Gasteiger partial charge is 0.416 e. The summed E-state index contributed by atoms with van der Waals surface area (Å²) >= 11 is 0. The fourth-order valence-corrected chi connectivity index (χ4v) is 1.79. The molecule has 0 bridgehead atoms. The molecule has 0 aliphatic rings. The Balaban J connectivity index is 2.74. The van der Waals surface area contributed by atoms with Crippen LogP contribution < -0.4 is 10.6 Å². The molecule has 2 N–H and O–H groups in total. The zero-order chi connectivity index (χ0) is 15.2. The molecule has 0 aromatic carbocycles. The summed E-state index contributed by atoms with van der Waals surface area (Å²) < 4.78 is 38.3. The van der Waals surface area contributed by atoms with Gasteiger partial charge in [0.25, 0.3) is 0 Å². The van der Waals surface area contributed by atoms with Crippen LogP contribution in [-0.4, -0.2) is 43.1 Å². The highest BCUT2D eigenvalue weighted by atomic mass is 19.4. The number of nitrogens with one attached hydrogen (secondary N) is 2. The zero-order valence-corrected chi connectivity index (χ0v) is 12.0. The van der Waals surface area contributed by atoms with Crippen molar-refractivity contribution in [2.24, 2.45) is 0 Å². The van der Waals surface area contributed by atoms with Crippen molar-refractivity contribution in [3.05, 3.63) is 17.7 Å². The van der Waals surface area contributed by atoms with E-state index in [2.05, 4.69) is 20.5 Å².